The normalized spacial score (nSPS) is 19.5. The monoisotopic (exact) mass is 453 g/mol. The lowest BCUT2D eigenvalue weighted by atomic mass is 9.86. The van der Waals surface area contributed by atoms with Gasteiger partial charge in [0.25, 0.3) is 0 Å². The first-order valence-corrected chi connectivity index (χ1v) is 10.5. The summed E-state index contributed by atoms with van der Waals surface area (Å²) >= 11 is 6.10. The van der Waals surface area contributed by atoms with E-state index in [0.717, 1.165) is 31.4 Å². The van der Waals surface area contributed by atoms with Gasteiger partial charge >= 0.3 is 6.18 Å². The Morgan fingerprint density at radius 1 is 1.16 bits per heavy atom. The van der Waals surface area contributed by atoms with Gasteiger partial charge in [0, 0.05) is 16.8 Å². The second-order valence-electron chi connectivity index (χ2n) is 7.72. The minimum absolute atomic E-state index is 0.0871. The zero-order valence-corrected chi connectivity index (χ0v) is 17.4. The van der Waals surface area contributed by atoms with Crippen molar-refractivity contribution in [3.05, 3.63) is 35.5 Å². The summed E-state index contributed by atoms with van der Waals surface area (Å²) in [5.74, 6) is 0.945. The highest BCUT2D eigenvalue weighted by molar-refractivity contribution is 6.30. The molecule has 0 bridgehead atoms. The van der Waals surface area contributed by atoms with Gasteiger partial charge in [-0.3, -0.25) is 4.57 Å². The predicted molar refractivity (Wildman–Crippen MR) is 115 cm³/mol. The topological polar surface area (TPSA) is 93.7 Å². The van der Waals surface area contributed by atoms with Crippen LogP contribution in [-0.4, -0.2) is 38.8 Å². The molecule has 0 saturated heterocycles. The quantitative estimate of drug-likeness (QED) is 0.492. The number of anilines is 3. The summed E-state index contributed by atoms with van der Waals surface area (Å²) in [7, 11) is 0. The van der Waals surface area contributed by atoms with Gasteiger partial charge < -0.3 is 16.4 Å². The van der Waals surface area contributed by atoms with Crippen LogP contribution in [0.5, 0.6) is 0 Å². The molecule has 2 heterocycles. The molecule has 0 aliphatic heterocycles. The van der Waals surface area contributed by atoms with Crippen molar-refractivity contribution in [2.24, 2.45) is 11.7 Å². The number of benzene rings is 1. The minimum Gasteiger partial charge on any atom is -0.345 e. The Hall–Kier alpha value is -2.59. The molecule has 7 nitrogen and oxygen atoms in total. The number of halogens is 4. The van der Waals surface area contributed by atoms with Crippen LogP contribution in [0, 0.1) is 5.92 Å². The fraction of sp³-hybridized carbons (Fsp3) is 0.450. The lowest BCUT2D eigenvalue weighted by Gasteiger charge is -2.29. The van der Waals surface area contributed by atoms with Crippen LogP contribution >= 0.6 is 11.6 Å². The van der Waals surface area contributed by atoms with E-state index in [-0.39, 0.29) is 12.0 Å². The van der Waals surface area contributed by atoms with Crippen molar-refractivity contribution in [3.63, 3.8) is 0 Å². The molecule has 2 aromatic heterocycles. The number of imidazole rings is 1. The van der Waals surface area contributed by atoms with Gasteiger partial charge in [0.05, 0.1) is 6.20 Å². The number of aromatic nitrogens is 4. The lowest BCUT2D eigenvalue weighted by Crippen LogP contribution is -2.24. The Bertz CT molecular complexity index is 1040. The van der Waals surface area contributed by atoms with Crippen molar-refractivity contribution in [2.75, 3.05) is 23.7 Å². The SMILES string of the molecule is NC[C@H]1CC[C@@H](n2c(Nc3cccc(Cl)c3)nc3cnc(NCC(F)(F)F)nc32)CC1. The van der Waals surface area contributed by atoms with Gasteiger partial charge in [-0.05, 0) is 56.3 Å². The van der Waals surface area contributed by atoms with Crippen molar-refractivity contribution in [1.29, 1.82) is 0 Å². The van der Waals surface area contributed by atoms with E-state index in [9.17, 15) is 13.2 Å². The Kier molecular flexibility index (Phi) is 6.19. The van der Waals surface area contributed by atoms with E-state index in [1.807, 2.05) is 16.7 Å². The van der Waals surface area contributed by atoms with Gasteiger partial charge in [0.1, 0.15) is 12.1 Å². The van der Waals surface area contributed by atoms with Crippen molar-refractivity contribution < 1.29 is 13.2 Å². The molecule has 11 heteroatoms. The third kappa shape index (κ3) is 5.19. The van der Waals surface area contributed by atoms with Gasteiger partial charge in [-0.15, -0.1) is 0 Å². The van der Waals surface area contributed by atoms with Crippen LogP contribution in [0.4, 0.5) is 30.8 Å². The molecule has 166 valence electrons. The summed E-state index contributed by atoms with van der Waals surface area (Å²) in [6.45, 7) is -0.555. The van der Waals surface area contributed by atoms with Gasteiger partial charge in [0.15, 0.2) is 5.65 Å². The third-order valence-electron chi connectivity index (χ3n) is 5.48. The summed E-state index contributed by atoms with van der Waals surface area (Å²) in [5, 5.41) is 6.10. The van der Waals surface area contributed by atoms with Crippen molar-refractivity contribution in [2.45, 2.75) is 37.9 Å². The van der Waals surface area contributed by atoms with Crippen LogP contribution in [0.3, 0.4) is 0 Å². The fourth-order valence-electron chi connectivity index (χ4n) is 3.92. The highest BCUT2D eigenvalue weighted by atomic mass is 35.5. The predicted octanol–water partition coefficient (Wildman–Crippen LogP) is 4.89. The standard InChI is InChI=1S/C20H23ClF3N7/c21-13-2-1-3-14(8-13)28-19-29-16-10-26-18(27-11-20(22,23)24)30-17(16)31(19)15-6-4-12(9-25)5-7-15/h1-3,8,10,12,15H,4-7,9,11,25H2,(H,28,29)(H,26,27,30)/t12-,15+. The van der Waals surface area contributed by atoms with Crippen LogP contribution < -0.4 is 16.4 Å². The molecule has 1 aliphatic carbocycles. The van der Waals surface area contributed by atoms with Crippen molar-refractivity contribution >= 4 is 40.3 Å². The van der Waals surface area contributed by atoms with E-state index >= 15 is 0 Å². The second kappa shape index (κ2) is 8.88. The molecule has 1 aromatic carbocycles. The first kappa shape index (κ1) is 21.6. The van der Waals surface area contributed by atoms with Gasteiger partial charge in [-0.25, -0.2) is 9.97 Å². The molecule has 4 N–H and O–H groups in total. The van der Waals surface area contributed by atoms with Crippen LogP contribution in [0.2, 0.25) is 5.02 Å². The first-order chi connectivity index (χ1) is 14.8. The Labute approximate surface area is 182 Å². The van der Waals surface area contributed by atoms with Crippen LogP contribution in [0.1, 0.15) is 31.7 Å². The Balaban J connectivity index is 1.71. The smallest absolute Gasteiger partial charge is 0.345 e. The van der Waals surface area contributed by atoms with Gasteiger partial charge in [-0.1, -0.05) is 17.7 Å². The summed E-state index contributed by atoms with van der Waals surface area (Å²) in [6.07, 6.45) is 0.786. The van der Waals surface area contributed by atoms with Crippen molar-refractivity contribution in [3.8, 4) is 0 Å². The average Bonchev–Trinajstić information content (AvgIpc) is 3.09. The van der Waals surface area contributed by atoms with E-state index < -0.39 is 12.7 Å². The molecular weight excluding hydrogens is 431 g/mol. The molecule has 0 spiro atoms. The van der Waals surface area contributed by atoms with Gasteiger partial charge in [-0.2, -0.15) is 18.2 Å². The highest BCUT2D eigenvalue weighted by Crippen LogP contribution is 2.37. The highest BCUT2D eigenvalue weighted by Gasteiger charge is 2.28. The number of hydrogen-bond donors (Lipinski definition) is 3. The minimum atomic E-state index is -4.36. The summed E-state index contributed by atoms with van der Waals surface area (Å²) in [4.78, 5) is 13.0. The molecule has 0 unspecified atom stereocenters. The van der Waals surface area contributed by atoms with Gasteiger partial charge in [0.2, 0.25) is 11.9 Å². The number of fused-ring (bicyclic) bond motifs is 1. The maximum absolute atomic E-state index is 12.6. The number of alkyl halides is 3. The zero-order chi connectivity index (χ0) is 22.0. The lowest BCUT2D eigenvalue weighted by molar-refractivity contribution is -0.115. The van der Waals surface area contributed by atoms with Crippen LogP contribution in [0.25, 0.3) is 11.2 Å². The molecule has 0 amide bonds. The number of nitrogens with two attached hydrogens (primary N) is 1. The number of rotatable bonds is 6. The Morgan fingerprint density at radius 3 is 2.61 bits per heavy atom. The molecule has 1 aliphatic rings. The number of nitrogens with zero attached hydrogens (tertiary/aromatic N) is 4. The molecule has 3 aromatic rings. The fourth-order valence-corrected chi connectivity index (χ4v) is 4.11. The van der Waals surface area contributed by atoms with E-state index in [1.54, 1.807) is 12.1 Å². The van der Waals surface area contributed by atoms with Crippen molar-refractivity contribution in [1.82, 2.24) is 19.5 Å². The summed E-state index contributed by atoms with van der Waals surface area (Å²) < 4.78 is 39.8. The summed E-state index contributed by atoms with van der Waals surface area (Å²) in [5.41, 5.74) is 7.57. The van der Waals surface area contributed by atoms with E-state index in [1.165, 1.54) is 6.20 Å². The molecule has 31 heavy (non-hydrogen) atoms. The first-order valence-electron chi connectivity index (χ1n) is 10.1. The maximum Gasteiger partial charge on any atom is 0.405 e. The molecule has 1 saturated carbocycles. The second-order valence-corrected chi connectivity index (χ2v) is 8.16. The number of nitrogens with one attached hydrogen (secondary N) is 2. The van der Waals surface area contributed by atoms with E-state index in [4.69, 9.17) is 17.3 Å². The Morgan fingerprint density at radius 2 is 1.94 bits per heavy atom. The average molecular weight is 454 g/mol. The number of hydrogen-bond acceptors (Lipinski definition) is 6. The molecule has 4 rings (SSSR count). The molecule has 1 fully saturated rings. The van der Waals surface area contributed by atoms with E-state index in [2.05, 4.69) is 25.6 Å². The summed E-state index contributed by atoms with van der Waals surface area (Å²) in [6, 6.07) is 7.33. The van der Waals surface area contributed by atoms with E-state index in [0.29, 0.717) is 34.6 Å². The van der Waals surface area contributed by atoms with Crippen LogP contribution in [-0.2, 0) is 0 Å². The molecule has 0 radical (unpaired) electrons. The molecule has 0 atom stereocenters. The zero-order valence-electron chi connectivity index (χ0n) is 16.7. The maximum atomic E-state index is 12.6. The third-order valence-corrected chi connectivity index (χ3v) is 5.71. The molecular formula is C20H23ClF3N7. The largest absolute Gasteiger partial charge is 0.405 e. The van der Waals surface area contributed by atoms with Crippen LogP contribution in [0.15, 0.2) is 30.5 Å².